The number of halogens is 1. The highest BCUT2D eigenvalue weighted by Crippen LogP contribution is 2.17. The van der Waals surface area contributed by atoms with Gasteiger partial charge in [0.15, 0.2) is 5.11 Å². The van der Waals surface area contributed by atoms with E-state index in [0.717, 1.165) is 17.0 Å². The summed E-state index contributed by atoms with van der Waals surface area (Å²) in [6.45, 7) is 2.49. The number of benzene rings is 2. The largest absolute Gasteiger partial charge is 0.494 e. The maximum atomic E-state index is 11.9. The molecule has 0 saturated carbocycles. The van der Waals surface area contributed by atoms with E-state index in [9.17, 15) is 4.79 Å². The molecule has 0 aliphatic carbocycles. The first-order valence-electron chi connectivity index (χ1n) is 7.36. The molecule has 0 aromatic heterocycles. The van der Waals surface area contributed by atoms with Crippen LogP contribution in [-0.2, 0) is 4.79 Å². The van der Waals surface area contributed by atoms with E-state index < -0.39 is 0 Å². The van der Waals surface area contributed by atoms with Crippen LogP contribution in [0.1, 0.15) is 12.5 Å². The van der Waals surface area contributed by atoms with Gasteiger partial charge in [0.05, 0.1) is 6.61 Å². The van der Waals surface area contributed by atoms with Crippen molar-refractivity contribution in [3.63, 3.8) is 0 Å². The van der Waals surface area contributed by atoms with Gasteiger partial charge in [0.25, 0.3) is 0 Å². The van der Waals surface area contributed by atoms with Crippen molar-refractivity contribution in [1.29, 1.82) is 0 Å². The van der Waals surface area contributed by atoms with Crippen molar-refractivity contribution in [1.82, 2.24) is 5.32 Å². The van der Waals surface area contributed by atoms with Crippen LogP contribution in [0.4, 0.5) is 5.69 Å². The molecule has 1 amide bonds. The Morgan fingerprint density at radius 3 is 2.79 bits per heavy atom. The third-order valence-corrected chi connectivity index (χ3v) is 3.51. The van der Waals surface area contributed by atoms with Gasteiger partial charge in [0.2, 0.25) is 5.91 Å². The Bertz CT molecular complexity index is 762. The fraction of sp³-hybridized carbons (Fsp3) is 0.111. The summed E-state index contributed by atoms with van der Waals surface area (Å²) in [7, 11) is 0. The number of rotatable bonds is 5. The van der Waals surface area contributed by atoms with Gasteiger partial charge in [0, 0.05) is 22.9 Å². The minimum atomic E-state index is -0.339. The molecule has 4 nitrogen and oxygen atoms in total. The minimum Gasteiger partial charge on any atom is -0.494 e. The zero-order valence-corrected chi connectivity index (χ0v) is 14.7. The fourth-order valence-electron chi connectivity index (χ4n) is 1.92. The molecule has 0 spiro atoms. The molecule has 0 saturated heterocycles. The van der Waals surface area contributed by atoms with Crippen LogP contribution in [0.25, 0.3) is 6.08 Å². The molecule has 0 heterocycles. The third kappa shape index (κ3) is 5.68. The molecule has 6 heteroatoms. The molecule has 2 rings (SSSR count). The number of thiocarbonyl (C=S) groups is 1. The second kappa shape index (κ2) is 9.05. The Hall–Kier alpha value is -2.37. The summed E-state index contributed by atoms with van der Waals surface area (Å²) in [6, 6.07) is 14.6. The molecule has 0 fully saturated rings. The lowest BCUT2D eigenvalue weighted by atomic mass is 10.2. The highest BCUT2D eigenvalue weighted by Gasteiger charge is 2.03. The topological polar surface area (TPSA) is 50.4 Å². The molecule has 2 aromatic rings. The maximum absolute atomic E-state index is 11.9. The van der Waals surface area contributed by atoms with E-state index in [1.165, 1.54) is 6.08 Å². The highest BCUT2D eigenvalue weighted by molar-refractivity contribution is 7.80. The van der Waals surface area contributed by atoms with Crippen LogP contribution in [0.3, 0.4) is 0 Å². The summed E-state index contributed by atoms with van der Waals surface area (Å²) in [5.41, 5.74) is 1.50. The lowest BCUT2D eigenvalue weighted by Gasteiger charge is -2.10. The predicted octanol–water partition coefficient (Wildman–Crippen LogP) is 4.27. The Balaban J connectivity index is 1.91. The van der Waals surface area contributed by atoms with E-state index >= 15 is 0 Å². The molecule has 0 unspecified atom stereocenters. The SMILES string of the molecule is CCOc1cccc(NC(=S)NC(=O)/C=C/c2ccccc2Cl)c1. The van der Waals surface area contributed by atoms with Crippen LogP contribution >= 0.6 is 23.8 Å². The van der Waals surface area contributed by atoms with Crippen molar-refractivity contribution < 1.29 is 9.53 Å². The summed E-state index contributed by atoms with van der Waals surface area (Å²) >= 11 is 11.2. The van der Waals surface area contributed by atoms with Gasteiger partial charge in [-0.1, -0.05) is 35.9 Å². The Morgan fingerprint density at radius 1 is 1.25 bits per heavy atom. The number of hydrogen-bond donors (Lipinski definition) is 2. The number of amides is 1. The molecule has 0 bridgehead atoms. The first kappa shape index (κ1) is 18.0. The Kier molecular flexibility index (Phi) is 6.78. The summed E-state index contributed by atoms with van der Waals surface area (Å²) in [5.74, 6) is 0.392. The number of ether oxygens (including phenoxy) is 1. The van der Waals surface area contributed by atoms with E-state index in [-0.39, 0.29) is 11.0 Å². The van der Waals surface area contributed by atoms with Gasteiger partial charge < -0.3 is 10.1 Å². The van der Waals surface area contributed by atoms with E-state index in [0.29, 0.717) is 11.6 Å². The van der Waals surface area contributed by atoms with Crippen molar-refractivity contribution in [2.75, 3.05) is 11.9 Å². The molecule has 2 aromatic carbocycles. The van der Waals surface area contributed by atoms with Crippen LogP contribution < -0.4 is 15.4 Å². The van der Waals surface area contributed by atoms with Crippen LogP contribution in [0, 0.1) is 0 Å². The van der Waals surface area contributed by atoms with E-state index in [1.807, 2.05) is 49.4 Å². The van der Waals surface area contributed by atoms with Gasteiger partial charge in [0.1, 0.15) is 5.75 Å². The minimum absolute atomic E-state index is 0.206. The van der Waals surface area contributed by atoms with E-state index in [4.69, 9.17) is 28.6 Å². The lowest BCUT2D eigenvalue weighted by molar-refractivity contribution is -0.115. The number of hydrogen-bond acceptors (Lipinski definition) is 3. The smallest absolute Gasteiger partial charge is 0.250 e. The molecule has 2 N–H and O–H groups in total. The number of nitrogens with one attached hydrogen (secondary N) is 2. The zero-order chi connectivity index (χ0) is 17.4. The summed E-state index contributed by atoms with van der Waals surface area (Å²) in [5, 5.41) is 6.31. The second-order valence-electron chi connectivity index (χ2n) is 4.76. The molecular formula is C18H17ClN2O2S. The van der Waals surface area contributed by atoms with Gasteiger partial charge in [-0.2, -0.15) is 0 Å². The molecule has 124 valence electrons. The van der Waals surface area contributed by atoms with Gasteiger partial charge in [-0.25, -0.2) is 0 Å². The number of anilines is 1. The van der Waals surface area contributed by atoms with E-state index in [1.54, 1.807) is 12.1 Å². The molecule has 0 atom stereocenters. The quantitative estimate of drug-likeness (QED) is 0.617. The molecule has 0 radical (unpaired) electrons. The van der Waals surface area contributed by atoms with Gasteiger partial charge in [-0.05, 0) is 49.0 Å². The monoisotopic (exact) mass is 360 g/mol. The predicted molar refractivity (Wildman–Crippen MR) is 102 cm³/mol. The Labute approximate surface area is 151 Å². The molecule has 0 aliphatic heterocycles. The van der Waals surface area contributed by atoms with Crippen molar-refractivity contribution in [2.24, 2.45) is 0 Å². The molecule has 24 heavy (non-hydrogen) atoms. The standard InChI is InChI=1S/C18H17ClN2O2S/c1-2-23-15-8-5-7-14(12-15)20-18(24)21-17(22)11-10-13-6-3-4-9-16(13)19/h3-12H,2H2,1H3,(H2,20,21,22,24)/b11-10+. The number of carbonyl (C=O) groups is 1. The lowest BCUT2D eigenvalue weighted by Crippen LogP contribution is -2.32. The third-order valence-electron chi connectivity index (χ3n) is 2.96. The van der Waals surface area contributed by atoms with Crippen LogP contribution in [0.5, 0.6) is 5.75 Å². The average molecular weight is 361 g/mol. The van der Waals surface area contributed by atoms with Crippen molar-refractivity contribution in [3.05, 3.63) is 65.2 Å². The zero-order valence-electron chi connectivity index (χ0n) is 13.1. The Morgan fingerprint density at radius 2 is 2.04 bits per heavy atom. The van der Waals surface area contributed by atoms with Crippen molar-refractivity contribution in [3.8, 4) is 5.75 Å². The fourth-order valence-corrected chi connectivity index (χ4v) is 2.34. The van der Waals surface area contributed by atoms with Gasteiger partial charge in [-0.3, -0.25) is 10.1 Å². The average Bonchev–Trinajstić information content (AvgIpc) is 2.54. The highest BCUT2D eigenvalue weighted by atomic mass is 35.5. The molecule has 0 aliphatic rings. The van der Waals surface area contributed by atoms with Crippen LogP contribution in [0.15, 0.2) is 54.6 Å². The van der Waals surface area contributed by atoms with Crippen molar-refractivity contribution in [2.45, 2.75) is 6.92 Å². The summed E-state index contributed by atoms with van der Waals surface area (Å²) in [6.07, 6.45) is 3.02. The van der Waals surface area contributed by atoms with Crippen LogP contribution in [-0.4, -0.2) is 17.6 Å². The first-order chi connectivity index (χ1) is 11.6. The van der Waals surface area contributed by atoms with Gasteiger partial charge in [-0.15, -0.1) is 0 Å². The van der Waals surface area contributed by atoms with E-state index in [2.05, 4.69) is 10.6 Å². The molecular weight excluding hydrogens is 344 g/mol. The van der Waals surface area contributed by atoms with Crippen LogP contribution in [0.2, 0.25) is 5.02 Å². The maximum Gasteiger partial charge on any atom is 0.250 e. The second-order valence-corrected chi connectivity index (χ2v) is 5.57. The van der Waals surface area contributed by atoms with Crippen molar-refractivity contribution >= 4 is 46.6 Å². The summed E-state index contributed by atoms with van der Waals surface area (Å²) < 4.78 is 5.41. The van der Waals surface area contributed by atoms with Gasteiger partial charge >= 0.3 is 0 Å². The number of carbonyl (C=O) groups excluding carboxylic acids is 1. The summed E-state index contributed by atoms with van der Waals surface area (Å²) in [4.78, 5) is 11.9. The first-order valence-corrected chi connectivity index (χ1v) is 8.14. The normalized spacial score (nSPS) is 10.4.